The van der Waals surface area contributed by atoms with Crippen molar-refractivity contribution >= 4 is 38.2 Å². The summed E-state index contributed by atoms with van der Waals surface area (Å²) >= 11 is 1.42. The Labute approximate surface area is 191 Å². The Morgan fingerprint density at radius 2 is 1.84 bits per heavy atom. The van der Waals surface area contributed by atoms with Crippen LogP contribution in [0.5, 0.6) is 0 Å². The van der Waals surface area contributed by atoms with Crippen LogP contribution in [0, 0.1) is 5.92 Å². The first-order valence-electron chi connectivity index (χ1n) is 10.3. The lowest BCUT2D eigenvalue weighted by molar-refractivity contribution is -0.117. The summed E-state index contributed by atoms with van der Waals surface area (Å²) in [6.07, 6.45) is 2.98. The summed E-state index contributed by atoms with van der Waals surface area (Å²) in [5.41, 5.74) is 1.65. The number of rotatable bonds is 7. The number of amidine groups is 1. The first-order valence-corrected chi connectivity index (χ1v) is 12.6. The van der Waals surface area contributed by atoms with Crippen molar-refractivity contribution in [3.8, 4) is 0 Å². The number of aliphatic imine (C=N–C) groups is 1. The summed E-state index contributed by atoms with van der Waals surface area (Å²) in [7, 11) is -3.66. The van der Waals surface area contributed by atoms with Gasteiger partial charge < -0.3 is 5.32 Å². The van der Waals surface area contributed by atoms with Gasteiger partial charge in [0.15, 0.2) is 5.13 Å². The minimum atomic E-state index is -3.66. The fourth-order valence-corrected chi connectivity index (χ4v) is 5.57. The molecule has 1 aliphatic rings. The van der Waals surface area contributed by atoms with E-state index in [4.69, 9.17) is 0 Å². The average Bonchev–Trinajstić information content (AvgIpc) is 3.29. The smallest absolute Gasteiger partial charge is 0.263 e. The minimum Gasteiger partial charge on any atom is -0.300 e. The van der Waals surface area contributed by atoms with E-state index in [2.05, 4.69) is 20.0 Å². The number of carbonyl (C=O) groups is 1. The largest absolute Gasteiger partial charge is 0.300 e. The Bertz CT molecular complexity index is 1250. The predicted octanol–water partition coefficient (Wildman–Crippen LogP) is 3.83. The third-order valence-corrected chi connectivity index (χ3v) is 7.26. The molecule has 0 aliphatic carbocycles. The first kappa shape index (κ1) is 22.2. The molecule has 2 N–H and O–H groups in total. The summed E-state index contributed by atoms with van der Waals surface area (Å²) in [5.74, 6) is 0.0778. The molecule has 2 aromatic carbocycles. The van der Waals surface area contributed by atoms with Crippen LogP contribution in [0.15, 0.2) is 70.7 Å². The van der Waals surface area contributed by atoms with E-state index in [0.717, 1.165) is 11.3 Å². The second-order valence-corrected chi connectivity index (χ2v) is 10.8. The highest BCUT2D eigenvalue weighted by Crippen LogP contribution is 2.25. The van der Waals surface area contributed by atoms with Crippen LogP contribution in [0.25, 0.3) is 0 Å². The Morgan fingerprint density at radius 1 is 1.12 bits per heavy atom. The Balaban J connectivity index is 1.53. The lowest BCUT2D eigenvalue weighted by Crippen LogP contribution is -2.31. The number of aromatic nitrogens is 1. The van der Waals surface area contributed by atoms with Gasteiger partial charge in [0, 0.05) is 23.1 Å². The number of hydrogen-bond donors (Lipinski definition) is 2. The molecule has 0 radical (unpaired) electrons. The summed E-state index contributed by atoms with van der Waals surface area (Å²) < 4.78 is 27.2. The van der Waals surface area contributed by atoms with Crippen LogP contribution in [0.1, 0.15) is 36.3 Å². The number of sulfonamides is 1. The van der Waals surface area contributed by atoms with Gasteiger partial charge in [-0.1, -0.05) is 56.3 Å². The van der Waals surface area contributed by atoms with Crippen LogP contribution < -0.4 is 10.0 Å². The monoisotopic (exact) mass is 468 g/mol. The lowest BCUT2D eigenvalue weighted by atomic mass is 10.0. The van der Waals surface area contributed by atoms with Crippen molar-refractivity contribution < 1.29 is 13.2 Å². The summed E-state index contributed by atoms with van der Waals surface area (Å²) in [5, 5.41) is 3.36. The maximum absolute atomic E-state index is 13.0. The zero-order chi connectivity index (χ0) is 22.7. The van der Waals surface area contributed by atoms with Gasteiger partial charge >= 0.3 is 0 Å². The van der Waals surface area contributed by atoms with E-state index in [0.29, 0.717) is 17.1 Å². The van der Waals surface area contributed by atoms with E-state index >= 15 is 0 Å². The molecule has 3 aromatic rings. The van der Waals surface area contributed by atoms with Gasteiger partial charge in [0.2, 0.25) is 0 Å². The highest BCUT2D eigenvalue weighted by Gasteiger charge is 2.32. The minimum absolute atomic E-state index is 0.174. The molecule has 1 amide bonds. The van der Waals surface area contributed by atoms with Gasteiger partial charge in [-0.15, -0.1) is 11.3 Å². The van der Waals surface area contributed by atoms with E-state index in [9.17, 15) is 13.2 Å². The normalized spacial score (nSPS) is 16.5. The quantitative estimate of drug-likeness (QED) is 0.550. The number of nitrogens with zero attached hydrogens (tertiary/aromatic N) is 2. The molecule has 166 valence electrons. The van der Waals surface area contributed by atoms with E-state index < -0.39 is 16.1 Å². The van der Waals surface area contributed by atoms with Gasteiger partial charge in [-0.05, 0) is 30.0 Å². The number of benzene rings is 2. The molecule has 1 aromatic heterocycles. The number of thiazole rings is 1. The highest BCUT2D eigenvalue weighted by atomic mass is 32.2. The SMILES string of the molecule is CC(C)CC(N=C1NS(=O)(=O)c2ccccc21)C(=O)Nc1ncc(Cc2ccccc2)s1. The molecule has 1 aliphatic heterocycles. The topological polar surface area (TPSA) is 101 Å². The number of fused-ring (bicyclic) bond motifs is 1. The molecule has 7 nitrogen and oxygen atoms in total. The van der Waals surface area contributed by atoms with Crippen molar-refractivity contribution in [1.29, 1.82) is 0 Å². The lowest BCUT2D eigenvalue weighted by Gasteiger charge is -2.15. The van der Waals surface area contributed by atoms with Crippen molar-refractivity contribution in [2.24, 2.45) is 10.9 Å². The van der Waals surface area contributed by atoms with Crippen molar-refractivity contribution in [3.05, 3.63) is 76.8 Å². The van der Waals surface area contributed by atoms with Crippen LogP contribution >= 0.6 is 11.3 Å². The molecular formula is C23H24N4O3S2. The van der Waals surface area contributed by atoms with Gasteiger partial charge in [0.25, 0.3) is 15.9 Å². The fourth-order valence-electron chi connectivity index (χ4n) is 3.48. The second-order valence-electron chi connectivity index (χ2n) is 8.01. The molecule has 0 spiro atoms. The van der Waals surface area contributed by atoms with E-state index in [1.165, 1.54) is 23.0 Å². The summed E-state index contributed by atoms with van der Waals surface area (Å²) in [4.78, 5) is 23.1. The Morgan fingerprint density at radius 3 is 2.59 bits per heavy atom. The van der Waals surface area contributed by atoms with Gasteiger partial charge in [-0.2, -0.15) is 0 Å². The molecule has 2 heterocycles. The predicted molar refractivity (Wildman–Crippen MR) is 127 cm³/mol. The Kier molecular flexibility index (Phi) is 6.38. The van der Waals surface area contributed by atoms with Crippen molar-refractivity contribution in [3.63, 3.8) is 0 Å². The number of hydrogen-bond acceptors (Lipinski definition) is 6. The van der Waals surface area contributed by atoms with Crippen LogP contribution in [0.3, 0.4) is 0 Å². The first-order chi connectivity index (χ1) is 15.3. The molecule has 32 heavy (non-hydrogen) atoms. The average molecular weight is 469 g/mol. The molecule has 1 atom stereocenters. The number of carbonyl (C=O) groups excluding carboxylic acids is 1. The van der Waals surface area contributed by atoms with Crippen LogP contribution in [0.4, 0.5) is 5.13 Å². The maximum atomic E-state index is 13.0. The molecule has 0 bridgehead atoms. The van der Waals surface area contributed by atoms with E-state index in [1.54, 1.807) is 24.4 Å². The molecule has 9 heteroatoms. The summed E-state index contributed by atoms with van der Waals surface area (Å²) in [6.45, 7) is 3.99. The molecule has 1 unspecified atom stereocenters. The third-order valence-electron chi connectivity index (χ3n) is 4.95. The third kappa shape index (κ3) is 5.05. The van der Waals surface area contributed by atoms with Crippen molar-refractivity contribution in [2.45, 2.75) is 37.6 Å². The van der Waals surface area contributed by atoms with Gasteiger partial charge in [-0.25, -0.2) is 13.4 Å². The molecule has 0 saturated carbocycles. The zero-order valence-corrected chi connectivity index (χ0v) is 19.4. The van der Waals surface area contributed by atoms with Gasteiger partial charge in [-0.3, -0.25) is 14.5 Å². The molecular weight excluding hydrogens is 444 g/mol. The van der Waals surface area contributed by atoms with Gasteiger partial charge in [0.1, 0.15) is 11.9 Å². The van der Waals surface area contributed by atoms with Gasteiger partial charge in [0.05, 0.1) is 4.90 Å². The van der Waals surface area contributed by atoms with Crippen molar-refractivity contribution in [1.82, 2.24) is 9.71 Å². The standard InChI is InChI=1S/C23H24N4O3S2/c1-15(2)12-19(25-21-18-10-6-7-11-20(18)32(29,30)27-21)22(28)26-23-24-14-17(31-23)13-16-8-4-3-5-9-16/h3-11,14-15,19H,12-13H2,1-2H3,(H,25,27)(H,24,26,28). The molecule has 0 saturated heterocycles. The summed E-state index contributed by atoms with van der Waals surface area (Å²) in [6, 6.07) is 15.9. The number of anilines is 1. The van der Waals surface area contributed by atoms with Crippen LogP contribution in [-0.4, -0.2) is 31.2 Å². The zero-order valence-electron chi connectivity index (χ0n) is 17.8. The van der Waals surface area contributed by atoms with Crippen LogP contribution in [-0.2, 0) is 21.2 Å². The maximum Gasteiger partial charge on any atom is 0.263 e. The van der Waals surface area contributed by atoms with Crippen molar-refractivity contribution in [2.75, 3.05) is 5.32 Å². The van der Waals surface area contributed by atoms with E-state index in [-0.39, 0.29) is 22.6 Å². The second kappa shape index (κ2) is 9.22. The number of nitrogens with one attached hydrogen (secondary N) is 2. The Hall–Kier alpha value is -3.04. The number of amides is 1. The molecule has 0 fully saturated rings. The van der Waals surface area contributed by atoms with Crippen LogP contribution in [0.2, 0.25) is 0 Å². The van der Waals surface area contributed by atoms with E-state index in [1.807, 2.05) is 44.2 Å². The fraction of sp³-hybridized carbons (Fsp3) is 0.261. The highest BCUT2D eigenvalue weighted by molar-refractivity contribution is 7.90. The molecule has 4 rings (SSSR count).